The Bertz CT molecular complexity index is 874. The van der Waals surface area contributed by atoms with Gasteiger partial charge in [0.25, 0.3) is 5.91 Å². The van der Waals surface area contributed by atoms with Gasteiger partial charge in [0, 0.05) is 18.2 Å². The first kappa shape index (κ1) is 21.3. The van der Waals surface area contributed by atoms with Gasteiger partial charge in [-0.05, 0) is 24.3 Å². The number of amides is 1. The molecule has 0 aliphatic carbocycles. The summed E-state index contributed by atoms with van der Waals surface area (Å²) in [4.78, 5) is 23.9. The molecule has 7 nitrogen and oxygen atoms in total. The van der Waals surface area contributed by atoms with Crippen LogP contribution in [-0.2, 0) is 16.1 Å². The fraction of sp³-hybridized carbons (Fsp3) is 0.263. The lowest BCUT2D eigenvalue weighted by atomic mass is 10.1. The van der Waals surface area contributed by atoms with E-state index < -0.39 is 24.3 Å². The highest BCUT2D eigenvalue weighted by Gasteiger charge is 2.16. The minimum Gasteiger partial charge on any atom is -0.496 e. The molecule has 28 heavy (non-hydrogen) atoms. The van der Waals surface area contributed by atoms with Gasteiger partial charge in [-0.25, -0.2) is 9.18 Å². The maximum Gasteiger partial charge on any atom is 0.340 e. The van der Waals surface area contributed by atoms with Gasteiger partial charge in [-0.3, -0.25) is 4.79 Å². The lowest BCUT2D eigenvalue weighted by molar-refractivity contribution is -0.124. The van der Waals surface area contributed by atoms with Gasteiger partial charge < -0.3 is 24.3 Å². The van der Waals surface area contributed by atoms with Crippen molar-refractivity contribution < 1.29 is 32.9 Å². The highest BCUT2D eigenvalue weighted by Crippen LogP contribution is 2.34. The summed E-state index contributed by atoms with van der Waals surface area (Å²) < 4.78 is 33.6. The van der Waals surface area contributed by atoms with E-state index in [1.807, 2.05) is 0 Å². The number of rotatable bonds is 8. The van der Waals surface area contributed by atoms with Crippen molar-refractivity contribution >= 4 is 23.5 Å². The monoisotopic (exact) mass is 411 g/mol. The first-order valence-corrected chi connectivity index (χ1v) is 8.45. The van der Waals surface area contributed by atoms with E-state index in [9.17, 15) is 14.0 Å². The number of carbonyl (C=O) groups excluding carboxylic acids is 2. The standard InChI is InChI=1S/C19H19ClFNO6/c1-25-15-8-17(27-3)16(26-2)6-11(15)9-22-18(23)10-28-19(24)13-5-4-12(21)7-14(13)20/h4-8H,9-10H2,1-3H3,(H,22,23). The predicted octanol–water partition coefficient (Wildman–Crippen LogP) is 2.98. The normalized spacial score (nSPS) is 10.2. The van der Waals surface area contributed by atoms with Crippen molar-refractivity contribution in [1.82, 2.24) is 5.32 Å². The summed E-state index contributed by atoms with van der Waals surface area (Å²) in [5, 5.41) is 2.51. The molecule has 0 aliphatic heterocycles. The van der Waals surface area contributed by atoms with E-state index in [1.165, 1.54) is 27.4 Å². The van der Waals surface area contributed by atoms with Crippen LogP contribution < -0.4 is 19.5 Å². The third-order valence-electron chi connectivity index (χ3n) is 3.75. The van der Waals surface area contributed by atoms with Gasteiger partial charge >= 0.3 is 5.97 Å². The van der Waals surface area contributed by atoms with E-state index in [-0.39, 0.29) is 17.1 Å². The van der Waals surface area contributed by atoms with Gasteiger partial charge in [-0.15, -0.1) is 0 Å². The molecule has 150 valence electrons. The van der Waals surface area contributed by atoms with Crippen molar-refractivity contribution in [3.63, 3.8) is 0 Å². The molecule has 0 saturated heterocycles. The van der Waals surface area contributed by atoms with Crippen LogP contribution in [0.1, 0.15) is 15.9 Å². The van der Waals surface area contributed by atoms with Crippen LogP contribution >= 0.6 is 11.6 Å². The number of nitrogens with one attached hydrogen (secondary N) is 1. The second kappa shape index (κ2) is 9.80. The smallest absolute Gasteiger partial charge is 0.340 e. The summed E-state index contributed by atoms with van der Waals surface area (Å²) in [6.45, 7) is -0.417. The van der Waals surface area contributed by atoms with Crippen molar-refractivity contribution in [3.05, 3.63) is 52.3 Å². The number of hydrogen-bond donors (Lipinski definition) is 1. The summed E-state index contributed by atoms with van der Waals surface area (Å²) in [6, 6.07) is 6.55. The Balaban J connectivity index is 1.96. The summed E-state index contributed by atoms with van der Waals surface area (Å²) in [5.74, 6) is -0.493. The number of esters is 1. The molecular formula is C19H19ClFNO6. The Kier molecular flexibility index (Phi) is 7.45. The molecule has 2 aromatic rings. The van der Waals surface area contributed by atoms with Crippen molar-refractivity contribution in [1.29, 1.82) is 0 Å². The molecule has 2 aromatic carbocycles. The minimum atomic E-state index is -0.830. The van der Waals surface area contributed by atoms with Gasteiger partial charge in [-0.2, -0.15) is 0 Å². The van der Waals surface area contributed by atoms with Crippen LogP contribution in [0.15, 0.2) is 30.3 Å². The molecule has 0 heterocycles. The van der Waals surface area contributed by atoms with Crippen LogP contribution in [-0.4, -0.2) is 39.8 Å². The first-order valence-electron chi connectivity index (χ1n) is 8.07. The Hall–Kier alpha value is -3.00. The number of benzene rings is 2. The Morgan fingerprint density at radius 1 is 1.00 bits per heavy atom. The lowest BCUT2D eigenvalue weighted by Gasteiger charge is -2.14. The largest absolute Gasteiger partial charge is 0.496 e. The zero-order valence-electron chi connectivity index (χ0n) is 15.5. The van der Waals surface area contributed by atoms with E-state index in [1.54, 1.807) is 12.1 Å². The fourth-order valence-electron chi connectivity index (χ4n) is 2.34. The molecule has 1 N–H and O–H groups in total. The van der Waals surface area contributed by atoms with Crippen LogP contribution in [0.2, 0.25) is 5.02 Å². The van der Waals surface area contributed by atoms with Crippen molar-refractivity contribution in [2.24, 2.45) is 0 Å². The van der Waals surface area contributed by atoms with E-state index in [0.29, 0.717) is 22.8 Å². The molecule has 1 amide bonds. The second-order valence-corrected chi connectivity index (χ2v) is 5.90. The van der Waals surface area contributed by atoms with Gasteiger partial charge in [0.2, 0.25) is 0 Å². The Morgan fingerprint density at radius 2 is 1.64 bits per heavy atom. The molecule has 0 saturated carbocycles. The van der Waals surface area contributed by atoms with Crippen LogP contribution in [0, 0.1) is 5.82 Å². The molecular weight excluding hydrogens is 393 g/mol. The van der Waals surface area contributed by atoms with Crippen molar-refractivity contribution in [3.8, 4) is 17.2 Å². The second-order valence-electron chi connectivity index (χ2n) is 5.50. The predicted molar refractivity (Wildman–Crippen MR) is 99.6 cm³/mol. The van der Waals surface area contributed by atoms with Crippen molar-refractivity contribution in [2.75, 3.05) is 27.9 Å². The molecule has 0 fully saturated rings. The van der Waals surface area contributed by atoms with Crippen molar-refractivity contribution in [2.45, 2.75) is 6.54 Å². The fourth-order valence-corrected chi connectivity index (χ4v) is 2.58. The zero-order valence-corrected chi connectivity index (χ0v) is 16.3. The highest BCUT2D eigenvalue weighted by atomic mass is 35.5. The highest BCUT2D eigenvalue weighted by molar-refractivity contribution is 6.33. The summed E-state index contributed by atoms with van der Waals surface area (Å²) in [5.41, 5.74) is 0.610. The number of methoxy groups -OCH3 is 3. The van der Waals surface area contributed by atoms with E-state index in [4.69, 9.17) is 30.5 Å². The van der Waals surface area contributed by atoms with Crippen LogP contribution in [0.5, 0.6) is 17.2 Å². The lowest BCUT2D eigenvalue weighted by Crippen LogP contribution is -2.28. The van der Waals surface area contributed by atoms with E-state index >= 15 is 0 Å². The minimum absolute atomic E-state index is 0.0302. The Morgan fingerprint density at radius 3 is 2.25 bits per heavy atom. The zero-order chi connectivity index (χ0) is 20.7. The number of hydrogen-bond acceptors (Lipinski definition) is 6. The topological polar surface area (TPSA) is 83.1 Å². The average Bonchev–Trinajstić information content (AvgIpc) is 2.69. The molecule has 0 aromatic heterocycles. The number of ether oxygens (including phenoxy) is 4. The molecule has 0 unspecified atom stereocenters. The number of halogens is 2. The molecule has 0 radical (unpaired) electrons. The molecule has 0 atom stereocenters. The van der Waals surface area contributed by atoms with Gasteiger partial charge in [0.15, 0.2) is 18.1 Å². The van der Waals surface area contributed by atoms with E-state index in [2.05, 4.69) is 5.32 Å². The van der Waals surface area contributed by atoms with Gasteiger partial charge in [0.05, 0.1) is 31.9 Å². The average molecular weight is 412 g/mol. The summed E-state index contributed by atoms with van der Waals surface area (Å²) >= 11 is 5.79. The molecule has 2 rings (SSSR count). The first-order chi connectivity index (χ1) is 13.4. The van der Waals surface area contributed by atoms with Gasteiger partial charge in [-0.1, -0.05) is 11.6 Å². The van der Waals surface area contributed by atoms with Crippen LogP contribution in [0.4, 0.5) is 4.39 Å². The Labute approximate surface area is 166 Å². The third-order valence-corrected chi connectivity index (χ3v) is 4.06. The summed E-state index contributed by atoms with van der Waals surface area (Å²) in [6.07, 6.45) is 0. The van der Waals surface area contributed by atoms with Gasteiger partial charge in [0.1, 0.15) is 11.6 Å². The molecule has 0 bridgehead atoms. The quantitative estimate of drug-likeness (QED) is 0.672. The third kappa shape index (κ3) is 5.26. The summed E-state index contributed by atoms with van der Waals surface area (Å²) in [7, 11) is 4.48. The molecule has 0 aliphatic rings. The molecule has 9 heteroatoms. The van der Waals surface area contributed by atoms with E-state index in [0.717, 1.165) is 12.1 Å². The molecule has 0 spiro atoms. The maximum absolute atomic E-state index is 13.0. The maximum atomic E-state index is 13.0. The van der Waals surface area contributed by atoms with Crippen LogP contribution in [0.3, 0.4) is 0 Å². The van der Waals surface area contributed by atoms with Crippen LogP contribution in [0.25, 0.3) is 0 Å². The number of carbonyl (C=O) groups is 2. The SMILES string of the molecule is COc1cc(OC)c(OC)cc1CNC(=O)COC(=O)c1ccc(F)cc1Cl.